The van der Waals surface area contributed by atoms with Crippen molar-refractivity contribution >= 4 is 9.84 Å². The molecule has 1 N–H and O–H groups in total. The van der Waals surface area contributed by atoms with E-state index in [0.717, 1.165) is 24.9 Å². The third-order valence-corrected chi connectivity index (χ3v) is 5.02. The number of ether oxygens (including phenoxy) is 1. The van der Waals surface area contributed by atoms with E-state index < -0.39 is 9.84 Å². The molecule has 0 saturated heterocycles. The average Bonchev–Trinajstić information content (AvgIpc) is 2.46. The molecule has 1 atom stereocenters. The second-order valence-corrected chi connectivity index (χ2v) is 7.44. The maximum atomic E-state index is 12.1. The van der Waals surface area contributed by atoms with E-state index in [4.69, 9.17) is 4.74 Å². The Hall–Kier alpha value is -0.910. The quantitative estimate of drug-likeness (QED) is 0.720. The van der Waals surface area contributed by atoms with Crippen molar-refractivity contribution in [3.8, 4) is 0 Å². The summed E-state index contributed by atoms with van der Waals surface area (Å²) in [5.41, 5.74) is 2.32. The number of sulfone groups is 1. The van der Waals surface area contributed by atoms with E-state index in [1.807, 2.05) is 19.1 Å². The van der Waals surface area contributed by atoms with E-state index in [0.29, 0.717) is 0 Å². The van der Waals surface area contributed by atoms with Crippen LogP contribution in [0.1, 0.15) is 37.4 Å². The molecule has 120 valence electrons. The molecule has 0 aliphatic rings. The van der Waals surface area contributed by atoms with E-state index >= 15 is 0 Å². The third kappa shape index (κ3) is 6.59. The highest BCUT2D eigenvalue weighted by molar-refractivity contribution is 7.91. The summed E-state index contributed by atoms with van der Waals surface area (Å²) in [6.07, 6.45) is 2.17. The second-order valence-electron chi connectivity index (χ2n) is 5.21. The zero-order valence-corrected chi connectivity index (χ0v) is 14.1. The van der Waals surface area contributed by atoms with Gasteiger partial charge in [0.15, 0.2) is 9.84 Å². The first-order valence-electron chi connectivity index (χ1n) is 7.54. The normalized spacial score (nSPS) is 13.3. The number of methoxy groups -OCH3 is 1. The molecule has 0 spiro atoms. The summed E-state index contributed by atoms with van der Waals surface area (Å²) in [5, 5.41) is 3.26. The average molecular weight is 313 g/mol. The fraction of sp³-hybridized carbons (Fsp3) is 0.625. The largest absolute Gasteiger partial charge is 0.384 e. The summed E-state index contributed by atoms with van der Waals surface area (Å²) >= 11 is 0. The predicted molar refractivity (Wildman–Crippen MR) is 87.4 cm³/mol. The number of nitrogens with one attached hydrogen (secondary N) is 1. The molecule has 1 unspecified atom stereocenters. The van der Waals surface area contributed by atoms with Crippen molar-refractivity contribution in [3.05, 3.63) is 35.4 Å². The predicted octanol–water partition coefficient (Wildman–Crippen LogP) is 2.35. The van der Waals surface area contributed by atoms with Crippen molar-refractivity contribution in [1.82, 2.24) is 5.32 Å². The molecular formula is C16H27NO3S. The lowest BCUT2D eigenvalue weighted by molar-refractivity contribution is 0.217. The SMILES string of the molecule is CCCc1ccc(C(CS(=O)(=O)CCOC)NCC)cc1. The van der Waals surface area contributed by atoms with E-state index in [2.05, 4.69) is 24.4 Å². The zero-order chi connectivity index (χ0) is 15.7. The van der Waals surface area contributed by atoms with Gasteiger partial charge in [0.2, 0.25) is 0 Å². The van der Waals surface area contributed by atoms with E-state index in [-0.39, 0.29) is 24.2 Å². The zero-order valence-electron chi connectivity index (χ0n) is 13.3. The second kappa shape index (κ2) is 9.18. The molecule has 0 radical (unpaired) electrons. The first-order valence-corrected chi connectivity index (χ1v) is 9.36. The summed E-state index contributed by atoms with van der Waals surface area (Å²) in [6, 6.07) is 8.08. The standard InChI is InChI=1S/C16H27NO3S/c1-4-6-14-7-9-15(10-8-14)16(17-5-2)13-21(18,19)12-11-20-3/h7-10,16-17H,4-6,11-13H2,1-3H3. The molecule has 0 bridgehead atoms. The summed E-state index contributed by atoms with van der Waals surface area (Å²) in [5.74, 6) is 0.177. The molecule has 1 rings (SSSR count). The van der Waals surface area contributed by atoms with Crippen LogP contribution >= 0.6 is 0 Å². The van der Waals surface area contributed by atoms with Crippen LogP contribution in [-0.2, 0) is 21.0 Å². The Morgan fingerprint density at radius 1 is 1.19 bits per heavy atom. The Morgan fingerprint density at radius 3 is 2.38 bits per heavy atom. The van der Waals surface area contributed by atoms with Gasteiger partial charge >= 0.3 is 0 Å². The van der Waals surface area contributed by atoms with Gasteiger partial charge in [0.25, 0.3) is 0 Å². The summed E-state index contributed by atoms with van der Waals surface area (Å²) in [4.78, 5) is 0. The highest BCUT2D eigenvalue weighted by Crippen LogP contribution is 2.17. The molecule has 4 nitrogen and oxygen atoms in total. The molecule has 1 aromatic rings. The van der Waals surface area contributed by atoms with E-state index in [1.54, 1.807) is 0 Å². The van der Waals surface area contributed by atoms with Gasteiger partial charge in [-0.05, 0) is 24.1 Å². The fourth-order valence-corrected chi connectivity index (χ4v) is 3.68. The van der Waals surface area contributed by atoms with Crippen LogP contribution in [0.3, 0.4) is 0 Å². The number of benzene rings is 1. The van der Waals surface area contributed by atoms with E-state index in [9.17, 15) is 8.42 Å². The lowest BCUT2D eigenvalue weighted by Gasteiger charge is -2.19. The summed E-state index contributed by atoms with van der Waals surface area (Å²) < 4.78 is 29.1. The van der Waals surface area contributed by atoms with Crippen LogP contribution in [0, 0.1) is 0 Å². The Kier molecular flexibility index (Phi) is 7.93. The fourth-order valence-electron chi connectivity index (χ4n) is 2.27. The van der Waals surface area contributed by atoms with Gasteiger partial charge in [-0.15, -0.1) is 0 Å². The number of aryl methyl sites for hydroxylation is 1. The molecule has 21 heavy (non-hydrogen) atoms. The van der Waals surface area contributed by atoms with Crippen LogP contribution in [0.2, 0.25) is 0 Å². The van der Waals surface area contributed by atoms with Crippen molar-refractivity contribution in [3.63, 3.8) is 0 Å². The van der Waals surface area contributed by atoms with Gasteiger partial charge < -0.3 is 10.1 Å². The lowest BCUT2D eigenvalue weighted by Crippen LogP contribution is -2.30. The first kappa shape index (κ1) is 18.1. The molecule has 0 amide bonds. The molecule has 0 fully saturated rings. The summed E-state index contributed by atoms with van der Waals surface area (Å²) in [7, 11) is -1.60. The van der Waals surface area contributed by atoms with Crippen molar-refractivity contribution in [2.24, 2.45) is 0 Å². The number of hydrogen-bond donors (Lipinski definition) is 1. The van der Waals surface area contributed by atoms with Crippen LogP contribution in [0.4, 0.5) is 0 Å². The van der Waals surface area contributed by atoms with Crippen molar-refractivity contribution in [2.45, 2.75) is 32.7 Å². The van der Waals surface area contributed by atoms with Crippen LogP contribution < -0.4 is 5.32 Å². The molecule has 0 aromatic heterocycles. The first-order chi connectivity index (χ1) is 10.0. The van der Waals surface area contributed by atoms with Gasteiger partial charge in [0, 0.05) is 13.2 Å². The summed E-state index contributed by atoms with van der Waals surface area (Å²) in [6.45, 7) is 5.12. The van der Waals surface area contributed by atoms with Gasteiger partial charge in [-0.3, -0.25) is 0 Å². The van der Waals surface area contributed by atoms with Crippen LogP contribution in [0.15, 0.2) is 24.3 Å². The van der Waals surface area contributed by atoms with Crippen molar-refractivity contribution in [1.29, 1.82) is 0 Å². The number of hydrogen-bond acceptors (Lipinski definition) is 4. The smallest absolute Gasteiger partial charge is 0.154 e. The van der Waals surface area contributed by atoms with Crippen molar-refractivity contribution in [2.75, 3.05) is 31.8 Å². The van der Waals surface area contributed by atoms with Crippen molar-refractivity contribution < 1.29 is 13.2 Å². The topological polar surface area (TPSA) is 55.4 Å². The Balaban J connectivity index is 2.80. The maximum Gasteiger partial charge on any atom is 0.154 e. The molecule has 0 aliphatic carbocycles. The molecule has 0 heterocycles. The highest BCUT2D eigenvalue weighted by atomic mass is 32.2. The van der Waals surface area contributed by atoms with Crippen LogP contribution in [-0.4, -0.2) is 40.2 Å². The monoisotopic (exact) mass is 313 g/mol. The highest BCUT2D eigenvalue weighted by Gasteiger charge is 2.20. The van der Waals surface area contributed by atoms with Gasteiger partial charge in [-0.25, -0.2) is 8.42 Å². The Morgan fingerprint density at radius 2 is 1.86 bits per heavy atom. The minimum absolute atomic E-state index is 0.0688. The molecule has 5 heteroatoms. The van der Waals surface area contributed by atoms with Gasteiger partial charge in [0.05, 0.1) is 18.1 Å². The van der Waals surface area contributed by atoms with E-state index in [1.165, 1.54) is 12.7 Å². The van der Waals surface area contributed by atoms with Crippen LogP contribution in [0.25, 0.3) is 0 Å². The van der Waals surface area contributed by atoms with Gasteiger partial charge in [0.1, 0.15) is 0 Å². The Labute approximate surface area is 128 Å². The van der Waals surface area contributed by atoms with Crippen LogP contribution in [0.5, 0.6) is 0 Å². The minimum atomic E-state index is -3.12. The molecule has 0 aliphatic heterocycles. The Bertz CT molecular complexity index is 497. The molecule has 0 saturated carbocycles. The molecular weight excluding hydrogens is 286 g/mol. The van der Waals surface area contributed by atoms with Gasteiger partial charge in [-0.1, -0.05) is 44.5 Å². The number of rotatable bonds is 10. The third-order valence-electron chi connectivity index (χ3n) is 3.39. The maximum absolute atomic E-state index is 12.1. The lowest BCUT2D eigenvalue weighted by atomic mass is 10.0. The van der Waals surface area contributed by atoms with Gasteiger partial charge in [-0.2, -0.15) is 0 Å². The minimum Gasteiger partial charge on any atom is -0.384 e. The molecule has 1 aromatic carbocycles.